The first-order valence-corrected chi connectivity index (χ1v) is 9.68. The van der Waals surface area contributed by atoms with Crippen molar-refractivity contribution in [1.29, 1.82) is 0 Å². The summed E-state index contributed by atoms with van der Waals surface area (Å²) in [6.07, 6.45) is 1.24. The number of benzene rings is 1. The molecule has 0 heterocycles. The minimum Gasteiger partial charge on any atom is -0.489 e. The van der Waals surface area contributed by atoms with Crippen molar-refractivity contribution in [3.05, 3.63) is 28.2 Å². The maximum absolute atomic E-state index is 10.1. The van der Waals surface area contributed by atoms with Gasteiger partial charge in [-0.3, -0.25) is 4.99 Å². The fraction of sp³-hybridized carbons (Fsp3) is 0.611. The zero-order valence-electron chi connectivity index (χ0n) is 15.4. The molecule has 148 valence electrons. The van der Waals surface area contributed by atoms with Gasteiger partial charge in [-0.25, -0.2) is 0 Å². The van der Waals surface area contributed by atoms with Gasteiger partial charge in [0.15, 0.2) is 5.96 Å². The van der Waals surface area contributed by atoms with Crippen molar-refractivity contribution in [3.63, 3.8) is 0 Å². The summed E-state index contributed by atoms with van der Waals surface area (Å²) < 4.78 is 10.8. The van der Waals surface area contributed by atoms with Crippen LogP contribution in [0.1, 0.15) is 26.7 Å². The number of rotatable bonds is 12. The van der Waals surface area contributed by atoms with E-state index in [2.05, 4.69) is 15.6 Å². The Labute approximate surface area is 165 Å². The van der Waals surface area contributed by atoms with Crippen LogP contribution in [0.4, 0.5) is 0 Å². The van der Waals surface area contributed by atoms with Crippen LogP contribution in [0.3, 0.4) is 0 Å². The van der Waals surface area contributed by atoms with E-state index in [1.54, 1.807) is 18.2 Å². The number of aliphatic hydroxyl groups excluding tert-OH is 1. The van der Waals surface area contributed by atoms with Gasteiger partial charge in [0.05, 0.1) is 11.6 Å². The number of ether oxygens (including phenoxy) is 2. The van der Waals surface area contributed by atoms with Crippen LogP contribution in [-0.2, 0) is 4.74 Å². The molecule has 0 bridgehead atoms. The van der Waals surface area contributed by atoms with Crippen molar-refractivity contribution in [1.82, 2.24) is 10.6 Å². The van der Waals surface area contributed by atoms with E-state index in [0.717, 1.165) is 39.1 Å². The summed E-state index contributed by atoms with van der Waals surface area (Å²) in [7, 11) is 0. The first-order chi connectivity index (χ1) is 12.6. The molecule has 6 nitrogen and oxygen atoms in total. The lowest BCUT2D eigenvalue weighted by Gasteiger charge is -2.14. The monoisotopic (exact) mass is 405 g/mol. The Balaban J connectivity index is 2.36. The van der Waals surface area contributed by atoms with Crippen molar-refractivity contribution in [2.24, 2.45) is 4.99 Å². The molecule has 0 amide bonds. The number of hydrogen-bond donors (Lipinski definition) is 3. The van der Waals surface area contributed by atoms with E-state index in [4.69, 9.17) is 32.7 Å². The number of halogens is 2. The third kappa shape index (κ3) is 9.48. The summed E-state index contributed by atoms with van der Waals surface area (Å²) in [5, 5.41) is 17.2. The molecule has 0 aliphatic carbocycles. The van der Waals surface area contributed by atoms with Gasteiger partial charge in [-0.1, -0.05) is 29.3 Å². The van der Waals surface area contributed by atoms with E-state index in [0.29, 0.717) is 21.8 Å². The number of aliphatic hydroxyl groups is 1. The van der Waals surface area contributed by atoms with E-state index in [1.165, 1.54) is 0 Å². The molecular weight excluding hydrogens is 377 g/mol. The molecule has 3 N–H and O–H groups in total. The predicted octanol–water partition coefficient (Wildman–Crippen LogP) is 3.10. The van der Waals surface area contributed by atoms with Crippen LogP contribution in [0, 0.1) is 0 Å². The van der Waals surface area contributed by atoms with Crippen LogP contribution >= 0.6 is 23.2 Å². The molecule has 8 heteroatoms. The number of hydrogen-bond acceptors (Lipinski definition) is 4. The van der Waals surface area contributed by atoms with E-state index < -0.39 is 6.10 Å². The first-order valence-electron chi connectivity index (χ1n) is 8.93. The third-order valence-electron chi connectivity index (χ3n) is 3.36. The van der Waals surface area contributed by atoms with Gasteiger partial charge in [-0.2, -0.15) is 0 Å². The van der Waals surface area contributed by atoms with Crippen molar-refractivity contribution in [2.45, 2.75) is 32.8 Å². The predicted molar refractivity (Wildman–Crippen MR) is 108 cm³/mol. The Kier molecular flexibility index (Phi) is 12.2. The first kappa shape index (κ1) is 22.8. The van der Waals surface area contributed by atoms with Crippen LogP contribution in [0.15, 0.2) is 23.2 Å². The van der Waals surface area contributed by atoms with E-state index in [-0.39, 0.29) is 13.2 Å². The highest BCUT2D eigenvalue weighted by Gasteiger charge is 2.09. The minimum absolute atomic E-state index is 0.0807. The topological polar surface area (TPSA) is 75.1 Å². The highest BCUT2D eigenvalue weighted by Crippen LogP contribution is 2.31. The number of unbranched alkanes of at least 4 members (excludes halogenated alkanes) is 1. The molecule has 0 radical (unpaired) electrons. The van der Waals surface area contributed by atoms with Crippen molar-refractivity contribution >= 4 is 29.2 Å². The average molecular weight is 406 g/mol. The Morgan fingerprint density at radius 3 is 2.77 bits per heavy atom. The Bertz CT molecular complexity index is 544. The Morgan fingerprint density at radius 2 is 2.04 bits per heavy atom. The molecule has 1 aromatic rings. The molecule has 1 rings (SSSR count). The summed E-state index contributed by atoms with van der Waals surface area (Å²) >= 11 is 12.0. The summed E-state index contributed by atoms with van der Waals surface area (Å²) in [4.78, 5) is 4.37. The van der Waals surface area contributed by atoms with Crippen LogP contribution in [0.2, 0.25) is 10.0 Å². The lowest BCUT2D eigenvalue weighted by atomic mass is 10.3. The van der Waals surface area contributed by atoms with Crippen molar-refractivity contribution in [2.75, 3.05) is 39.5 Å². The molecule has 0 saturated heterocycles. The highest BCUT2D eigenvalue weighted by molar-refractivity contribution is 6.42. The molecule has 1 atom stereocenters. The van der Waals surface area contributed by atoms with Crippen molar-refractivity contribution < 1.29 is 14.6 Å². The van der Waals surface area contributed by atoms with Crippen LogP contribution in [-0.4, -0.2) is 56.6 Å². The molecule has 0 aromatic heterocycles. The molecule has 0 spiro atoms. The maximum atomic E-state index is 10.1. The SMILES string of the molecule is CCNC(=NCC(O)COc1cccc(Cl)c1Cl)NCCCCOCC. The zero-order chi connectivity index (χ0) is 19.2. The zero-order valence-corrected chi connectivity index (χ0v) is 16.9. The van der Waals surface area contributed by atoms with Gasteiger partial charge in [0, 0.05) is 26.3 Å². The Hall–Kier alpha value is -1.21. The summed E-state index contributed by atoms with van der Waals surface area (Å²) in [5.41, 5.74) is 0. The molecule has 0 aliphatic heterocycles. The number of nitrogens with zero attached hydrogens (tertiary/aromatic N) is 1. The molecule has 26 heavy (non-hydrogen) atoms. The molecular formula is C18H29Cl2N3O3. The average Bonchev–Trinajstić information content (AvgIpc) is 2.63. The largest absolute Gasteiger partial charge is 0.489 e. The number of guanidine groups is 1. The number of nitrogens with one attached hydrogen (secondary N) is 2. The quantitative estimate of drug-likeness (QED) is 0.283. The lowest BCUT2D eigenvalue weighted by molar-refractivity contribution is 0.114. The van der Waals surface area contributed by atoms with Gasteiger partial charge in [0.1, 0.15) is 23.5 Å². The molecule has 0 fully saturated rings. The third-order valence-corrected chi connectivity index (χ3v) is 4.17. The van der Waals surface area contributed by atoms with Gasteiger partial charge in [-0.05, 0) is 38.8 Å². The second-order valence-electron chi connectivity index (χ2n) is 5.57. The van der Waals surface area contributed by atoms with Crippen LogP contribution < -0.4 is 15.4 Å². The van der Waals surface area contributed by atoms with Gasteiger partial charge < -0.3 is 25.2 Å². The normalized spacial score (nSPS) is 12.7. The second kappa shape index (κ2) is 13.9. The Morgan fingerprint density at radius 1 is 1.23 bits per heavy atom. The molecule has 1 unspecified atom stereocenters. The molecule has 0 saturated carbocycles. The fourth-order valence-corrected chi connectivity index (χ4v) is 2.40. The highest BCUT2D eigenvalue weighted by atomic mass is 35.5. The van der Waals surface area contributed by atoms with Gasteiger partial charge >= 0.3 is 0 Å². The van der Waals surface area contributed by atoms with Crippen molar-refractivity contribution in [3.8, 4) is 5.75 Å². The fourth-order valence-electron chi connectivity index (χ4n) is 2.05. The minimum atomic E-state index is -0.751. The summed E-state index contributed by atoms with van der Waals surface area (Å²) in [5.74, 6) is 1.12. The second-order valence-corrected chi connectivity index (χ2v) is 6.35. The molecule has 1 aromatic carbocycles. The molecule has 0 aliphatic rings. The standard InChI is InChI=1S/C18H29Cl2N3O3/c1-3-21-18(22-10-5-6-11-25-4-2)23-12-14(24)13-26-16-9-7-8-15(19)17(16)20/h7-9,14,24H,3-6,10-13H2,1-2H3,(H2,21,22,23). The number of aliphatic imine (C=N–C) groups is 1. The van der Waals surface area contributed by atoms with E-state index in [1.807, 2.05) is 13.8 Å². The van der Waals surface area contributed by atoms with Gasteiger partial charge in [-0.15, -0.1) is 0 Å². The van der Waals surface area contributed by atoms with E-state index in [9.17, 15) is 5.11 Å². The summed E-state index contributed by atoms with van der Waals surface area (Å²) in [6.45, 7) is 7.34. The van der Waals surface area contributed by atoms with Gasteiger partial charge in [0.2, 0.25) is 0 Å². The van der Waals surface area contributed by atoms with Crippen LogP contribution in [0.5, 0.6) is 5.75 Å². The summed E-state index contributed by atoms with van der Waals surface area (Å²) in [6, 6.07) is 5.13. The van der Waals surface area contributed by atoms with Crippen LogP contribution in [0.25, 0.3) is 0 Å². The van der Waals surface area contributed by atoms with Gasteiger partial charge in [0.25, 0.3) is 0 Å². The lowest BCUT2D eigenvalue weighted by Crippen LogP contribution is -2.38. The maximum Gasteiger partial charge on any atom is 0.191 e. The van der Waals surface area contributed by atoms with E-state index >= 15 is 0 Å². The smallest absolute Gasteiger partial charge is 0.191 e.